The van der Waals surface area contributed by atoms with Gasteiger partial charge in [0.05, 0.1) is 5.69 Å². The molecule has 0 unspecified atom stereocenters. The van der Waals surface area contributed by atoms with Gasteiger partial charge in [0.2, 0.25) is 6.08 Å². The number of nitrogens with zero attached hydrogens (tertiary/aromatic N) is 1. The van der Waals surface area contributed by atoms with Crippen molar-refractivity contribution in [1.82, 2.24) is 0 Å². The highest BCUT2D eigenvalue weighted by Crippen LogP contribution is 2.19. The number of aryl methyl sites for hydroxylation is 2. The molecule has 0 aromatic heterocycles. The minimum Gasteiger partial charge on any atom is -0.396 e. The molecular formula is C12H15NO2. The van der Waals surface area contributed by atoms with Gasteiger partial charge in [0.15, 0.2) is 0 Å². The topological polar surface area (TPSA) is 49.7 Å². The predicted molar refractivity (Wildman–Crippen MR) is 59.0 cm³/mol. The molecule has 1 aromatic carbocycles. The Morgan fingerprint density at radius 2 is 2.20 bits per heavy atom. The maximum atomic E-state index is 10.1. The van der Waals surface area contributed by atoms with Crippen molar-refractivity contribution in [2.45, 2.75) is 26.2 Å². The second kappa shape index (κ2) is 6.12. The fourth-order valence-electron chi connectivity index (χ4n) is 1.48. The Balaban J connectivity index is 2.76. The Kier molecular flexibility index (Phi) is 4.75. The average Bonchev–Trinajstić information content (AvgIpc) is 2.23. The number of rotatable bonds is 5. The van der Waals surface area contributed by atoms with E-state index in [2.05, 4.69) is 4.99 Å². The number of carbonyl (C=O) groups excluding carboxylic acids is 1. The first-order valence-electron chi connectivity index (χ1n) is 5.06. The van der Waals surface area contributed by atoms with Crippen LogP contribution < -0.4 is 0 Å². The van der Waals surface area contributed by atoms with Crippen LogP contribution >= 0.6 is 0 Å². The van der Waals surface area contributed by atoms with Crippen LogP contribution in [0, 0.1) is 6.92 Å². The van der Waals surface area contributed by atoms with E-state index in [-0.39, 0.29) is 6.61 Å². The number of aliphatic hydroxyl groups excluding tert-OH is 1. The van der Waals surface area contributed by atoms with Crippen LogP contribution in [0.1, 0.15) is 24.0 Å². The molecule has 0 bridgehead atoms. The Morgan fingerprint density at radius 3 is 2.87 bits per heavy atom. The summed E-state index contributed by atoms with van der Waals surface area (Å²) < 4.78 is 0. The summed E-state index contributed by atoms with van der Waals surface area (Å²) in [6.07, 6.45) is 4.20. The molecule has 0 spiro atoms. The maximum absolute atomic E-state index is 10.1. The third kappa shape index (κ3) is 3.66. The predicted octanol–water partition coefficient (Wildman–Crippen LogP) is 2.28. The SMILES string of the molecule is Cc1ccc(N=C=O)cc1CCCCO. The first-order valence-corrected chi connectivity index (χ1v) is 5.06. The molecule has 0 amide bonds. The van der Waals surface area contributed by atoms with Gasteiger partial charge in [0.1, 0.15) is 0 Å². The van der Waals surface area contributed by atoms with Crippen LogP contribution in [0.3, 0.4) is 0 Å². The van der Waals surface area contributed by atoms with Crippen LogP contribution in [0.4, 0.5) is 5.69 Å². The second-order valence-electron chi connectivity index (χ2n) is 3.49. The standard InChI is InChI=1S/C12H15NO2/c1-10-5-6-12(13-9-15)8-11(10)4-2-3-7-14/h5-6,8,14H,2-4,7H2,1H3. The van der Waals surface area contributed by atoms with Gasteiger partial charge in [-0.2, -0.15) is 4.99 Å². The number of aliphatic imine (C=N–C) groups is 1. The zero-order chi connectivity index (χ0) is 11.1. The van der Waals surface area contributed by atoms with E-state index < -0.39 is 0 Å². The summed E-state index contributed by atoms with van der Waals surface area (Å²) in [5.74, 6) is 0. The Bertz CT molecular complexity index is 368. The first kappa shape index (κ1) is 11.6. The number of benzene rings is 1. The van der Waals surface area contributed by atoms with Crippen molar-refractivity contribution in [3.63, 3.8) is 0 Å². The summed E-state index contributed by atoms with van der Waals surface area (Å²) in [5.41, 5.74) is 3.02. The fraction of sp³-hybridized carbons (Fsp3) is 0.417. The summed E-state index contributed by atoms with van der Waals surface area (Å²) in [7, 11) is 0. The van der Waals surface area contributed by atoms with Crippen LogP contribution in [0.25, 0.3) is 0 Å². The van der Waals surface area contributed by atoms with Crippen molar-refractivity contribution in [2.75, 3.05) is 6.61 Å². The van der Waals surface area contributed by atoms with Gasteiger partial charge in [-0.3, -0.25) is 0 Å². The van der Waals surface area contributed by atoms with E-state index in [0.29, 0.717) is 5.69 Å². The number of isocyanates is 1. The fourth-order valence-corrected chi connectivity index (χ4v) is 1.48. The summed E-state index contributed by atoms with van der Waals surface area (Å²) in [4.78, 5) is 13.7. The molecule has 0 saturated heterocycles. The van der Waals surface area contributed by atoms with Crippen molar-refractivity contribution in [1.29, 1.82) is 0 Å². The molecule has 0 aliphatic heterocycles. The molecule has 15 heavy (non-hydrogen) atoms. The van der Waals surface area contributed by atoms with E-state index >= 15 is 0 Å². The minimum absolute atomic E-state index is 0.227. The van der Waals surface area contributed by atoms with E-state index in [0.717, 1.165) is 19.3 Å². The molecule has 0 aliphatic rings. The normalized spacial score (nSPS) is 9.73. The Hall–Kier alpha value is -1.44. The number of hydrogen-bond donors (Lipinski definition) is 1. The average molecular weight is 205 g/mol. The highest BCUT2D eigenvalue weighted by Gasteiger charge is 2.00. The van der Waals surface area contributed by atoms with Crippen LogP contribution in [-0.4, -0.2) is 17.8 Å². The molecular weight excluding hydrogens is 190 g/mol. The van der Waals surface area contributed by atoms with Crippen molar-refractivity contribution < 1.29 is 9.90 Å². The van der Waals surface area contributed by atoms with E-state index in [9.17, 15) is 4.79 Å². The number of unbranched alkanes of at least 4 members (excludes halogenated alkanes) is 1. The highest BCUT2D eigenvalue weighted by atomic mass is 16.2. The second-order valence-corrected chi connectivity index (χ2v) is 3.49. The van der Waals surface area contributed by atoms with E-state index in [1.165, 1.54) is 17.2 Å². The Labute approximate surface area is 89.5 Å². The lowest BCUT2D eigenvalue weighted by Crippen LogP contribution is -1.91. The van der Waals surface area contributed by atoms with Gasteiger partial charge >= 0.3 is 0 Å². The molecule has 1 rings (SSSR count). The lowest BCUT2D eigenvalue weighted by Gasteiger charge is -2.05. The van der Waals surface area contributed by atoms with Gasteiger partial charge in [-0.05, 0) is 49.4 Å². The van der Waals surface area contributed by atoms with Crippen molar-refractivity contribution in [2.24, 2.45) is 4.99 Å². The van der Waals surface area contributed by atoms with E-state index in [1.807, 2.05) is 19.1 Å². The van der Waals surface area contributed by atoms with Gasteiger partial charge < -0.3 is 5.11 Å². The quantitative estimate of drug-likeness (QED) is 0.455. The first-order chi connectivity index (χ1) is 7.27. The summed E-state index contributed by atoms with van der Waals surface area (Å²) in [6, 6.07) is 5.65. The third-order valence-corrected chi connectivity index (χ3v) is 2.36. The highest BCUT2D eigenvalue weighted by molar-refractivity contribution is 5.51. The van der Waals surface area contributed by atoms with E-state index in [4.69, 9.17) is 5.11 Å². The lowest BCUT2D eigenvalue weighted by atomic mass is 10.0. The van der Waals surface area contributed by atoms with Gasteiger partial charge in [-0.25, -0.2) is 4.79 Å². The summed E-state index contributed by atoms with van der Waals surface area (Å²) in [6.45, 7) is 2.26. The third-order valence-electron chi connectivity index (χ3n) is 2.36. The molecule has 0 saturated carbocycles. The van der Waals surface area contributed by atoms with Gasteiger partial charge in [-0.15, -0.1) is 0 Å². The minimum atomic E-state index is 0.227. The summed E-state index contributed by atoms with van der Waals surface area (Å²) >= 11 is 0. The summed E-state index contributed by atoms with van der Waals surface area (Å²) in [5, 5.41) is 8.68. The smallest absolute Gasteiger partial charge is 0.240 e. The monoisotopic (exact) mass is 205 g/mol. The molecule has 0 aliphatic carbocycles. The van der Waals surface area contributed by atoms with Crippen molar-refractivity contribution in [3.05, 3.63) is 29.3 Å². The van der Waals surface area contributed by atoms with Crippen molar-refractivity contribution in [3.8, 4) is 0 Å². The molecule has 0 heterocycles. The maximum Gasteiger partial charge on any atom is 0.240 e. The van der Waals surface area contributed by atoms with E-state index in [1.54, 1.807) is 6.07 Å². The van der Waals surface area contributed by atoms with Crippen LogP contribution in [0.5, 0.6) is 0 Å². The van der Waals surface area contributed by atoms with Gasteiger partial charge in [0, 0.05) is 6.61 Å². The molecule has 0 fully saturated rings. The zero-order valence-electron chi connectivity index (χ0n) is 8.86. The van der Waals surface area contributed by atoms with Crippen LogP contribution in [-0.2, 0) is 11.2 Å². The molecule has 3 nitrogen and oxygen atoms in total. The van der Waals surface area contributed by atoms with Gasteiger partial charge in [0.25, 0.3) is 0 Å². The lowest BCUT2D eigenvalue weighted by molar-refractivity contribution is 0.284. The Morgan fingerprint density at radius 1 is 1.40 bits per heavy atom. The van der Waals surface area contributed by atoms with Crippen LogP contribution in [0.2, 0.25) is 0 Å². The molecule has 0 atom stereocenters. The molecule has 1 N–H and O–H groups in total. The van der Waals surface area contributed by atoms with Crippen LogP contribution in [0.15, 0.2) is 23.2 Å². The molecule has 80 valence electrons. The molecule has 0 radical (unpaired) electrons. The largest absolute Gasteiger partial charge is 0.396 e. The number of aliphatic hydroxyl groups is 1. The van der Waals surface area contributed by atoms with Gasteiger partial charge in [-0.1, -0.05) is 6.07 Å². The molecule has 3 heteroatoms. The molecule has 1 aromatic rings. The van der Waals surface area contributed by atoms with Crippen molar-refractivity contribution >= 4 is 11.8 Å². The number of hydrogen-bond acceptors (Lipinski definition) is 3. The zero-order valence-corrected chi connectivity index (χ0v) is 8.86.